The highest BCUT2D eigenvalue weighted by Crippen LogP contribution is 2.21. The monoisotopic (exact) mass is 325 g/mol. The number of hydrogen-bond donors (Lipinski definition) is 1. The molecule has 1 heterocycles. The van der Waals surface area contributed by atoms with Gasteiger partial charge in [0.05, 0.1) is 22.6 Å². The molecule has 0 radical (unpaired) electrons. The summed E-state index contributed by atoms with van der Waals surface area (Å²) in [6.07, 6.45) is 0. The van der Waals surface area contributed by atoms with Crippen LogP contribution in [0.1, 0.15) is 24.2 Å². The van der Waals surface area contributed by atoms with Gasteiger partial charge in [0.25, 0.3) is 0 Å². The van der Waals surface area contributed by atoms with Crippen LogP contribution in [-0.4, -0.2) is 31.8 Å². The van der Waals surface area contributed by atoms with Crippen LogP contribution in [0.25, 0.3) is 0 Å². The highest BCUT2D eigenvalue weighted by molar-refractivity contribution is 7.89. The van der Waals surface area contributed by atoms with E-state index < -0.39 is 10.0 Å². The molecule has 114 valence electrons. The second-order valence-electron chi connectivity index (χ2n) is 4.82. The Bertz CT molecular complexity index is 684. The topological polar surface area (TPSA) is 62.3 Å². The van der Waals surface area contributed by atoms with Gasteiger partial charge in [-0.3, -0.25) is 0 Å². The van der Waals surface area contributed by atoms with E-state index in [1.807, 2.05) is 25.4 Å². The SMILES string of the molecule is CNC(C)c1cccc(S(=O)(=O)N(C)Cc2cscn2)c1. The van der Waals surface area contributed by atoms with Gasteiger partial charge in [0.2, 0.25) is 10.0 Å². The van der Waals surface area contributed by atoms with Gasteiger partial charge in [-0.2, -0.15) is 4.31 Å². The zero-order valence-electron chi connectivity index (χ0n) is 12.3. The van der Waals surface area contributed by atoms with Crippen molar-refractivity contribution in [3.8, 4) is 0 Å². The van der Waals surface area contributed by atoms with Gasteiger partial charge in [0.1, 0.15) is 0 Å². The number of thiazole rings is 1. The first-order chi connectivity index (χ1) is 9.95. The fourth-order valence-electron chi connectivity index (χ4n) is 1.92. The van der Waals surface area contributed by atoms with E-state index in [0.29, 0.717) is 4.90 Å². The van der Waals surface area contributed by atoms with Crippen molar-refractivity contribution in [1.29, 1.82) is 0 Å². The van der Waals surface area contributed by atoms with Crippen LogP contribution in [0.5, 0.6) is 0 Å². The molecule has 0 spiro atoms. The molecule has 0 amide bonds. The van der Waals surface area contributed by atoms with Crippen molar-refractivity contribution in [2.75, 3.05) is 14.1 Å². The summed E-state index contributed by atoms with van der Waals surface area (Å²) in [5.41, 5.74) is 3.40. The van der Waals surface area contributed by atoms with Crippen LogP contribution in [0.15, 0.2) is 40.1 Å². The summed E-state index contributed by atoms with van der Waals surface area (Å²) in [5, 5.41) is 4.96. The molecule has 0 saturated heterocycles. The molecule has 0 fully saturated rings. The Morgan fingerprint density at radius 1 is 1.43 bits per heavy atom. The molecule has 7 heteroatoms. The van der Waals surface area contributed by atoms with E-state index in [9.17, 15) is 8.42 Å². The Morgan fingerprint density at radius 3 is 2.81 bits per heavy atom. The summed E-state index contributed by atoms with van der Waals surface area (Å²) in [5.74, 6) is 0. The zero-order chi connectivity index (χ0) is 15.5. The normalized spacial score (nSPS) is 13.5. The van der Waals surface area contributed by atoms with E-state index >= 15 is 0 Å². The van der Waals surface area contributed by atoms with Gasteiger partial charge in [-0.1, -0.05) is 12.1 Å². The standard InChI is InChI=1S/C14H19N3O2S2/c1-11(15-2)12-5-4-6-14(7-12)21(18,19)17(3)8-13-9-20-10-16-13/h4-7,9-11,15H,8H2,1-3H3. The summed E-state index contributed by atoms with van der Waals surface area (Å²) in [6.45, 7) is 2.27. The van der Waals surface area contributed by atoms with Crippen molar-refractivity contribution < 1.29 is 8.42 Å². The van der Waals surface area contributed by atoms with Gasteiger partial charge < -0.3 is 5.32 Å². The predicted molar refractivity (Wildman–Crippen MR) is 84.7 cm³/mol. The minimum atomic E-state index is -3.51. The van der Waals surface area contributed by atoms with E-state index in [-0.39, 0.29) is 12.6 Å². The molecule has 0 bridgehead atoms. The quantitative estimate of drug-likeness (QED) is 0.885. The molecule has 1 unspecified atom stereocenters. The van der Waals surface area contributed by atoms with Crippen molar-refractivity contribution in [1.82, 2.24) is 14.6 Å². The van der Waals surface area contributed by atoms with Gasteiger partial charge in [-0.15, -0.1) is 11.3 Å². The Morgan fingerprint density at radius 2 is 2.19 bits per heavy atom. The van der Waals surface area contributed by atoms with Gasteiger partial charge in [0, 0.05) is 18.5 Å². The Hall–Kier alpha value is -1.28. The molecule has 5 nitrogen and oxygen atoms in total. The lowest BCUT2D eigenvalue weighted by atomic mass is 10.1. The molecule has 2 aromatic rings. The molecule has 0 aliphatic rings. The molecular formula is C14H19N3O2S2. The molecule has 2 rings (SSSR count). The number of nitrogens with one attached hydrogen (secondary N) is 1. The molecule has 1 N–H and O–H groups in total. The van der Waals surface area contributed by atoms with Crippen LogP contribution in [-0.2, 0) is 16.6 Å². The maximum absolute atomic E-state index is 12.6. The second-order valence-corrected chi connectivity index (χ2v) is 7.59. The molecule has 0 saturated carbocycles. The molecule has 1 aromatic heterocycles. The van der Waals surface area contributed by atoms with E-state index in [1.54, 1.807) is 30.8 Å². The van der Waals surface area contributed by atoms with Crippen molar-refractivity contribution >= 4 is 21.4 Å². The summed E-state index contributed by atoms with van der Waals surface area (Å²) in [6, 6.07) is 7.13. The maximum Gasteiger partial charge on any atom is 0.243 e. The minimum Gasteiger partial charge on any atom is -0.313 e. The van der Waals surface area contributed by atoms with Gasteiger partial charge in [-0.05, 0) is 31.7 Å². The molecule has 0 aliphatic heterocycles. The van der Waals surface area contributed by atoms with Gasteiger partial charge in [0.15, 0.2) is 0 Å². The molecule has 1 aromatic carbocycles. The smallest absolute Gasteiger partial charge is 0.243 e. The van der Waals surface area contributed by atoms with Crippen LogP contribution in [0, 0.1) is 0 Å². The van der Waals surface area contributed by atoms with Crippen LogP contribution in [0.4, 0.5) is 0 Å². The number of nitrogens with zero attached hydrogens (tertiary/aromatic N) is 2. The van der Waals surface area contributed by atoms with E-state index in [4.69, 9.17) is 0 Å². The Labute approximate surface area is 129 Å². The van der Waals surface area contributed by atoms with Crippen molar-refractivity contribution in [3.63, 3.8) is 0 Å². The fourth-order valence-corrected chi connectivity index (χ4v) is 3.67. The number of sulfonamides is 1. The fraction of sp³-hybridized carbons (Fsp3) is 0.357. The molecule has 0 aliphatic carbocycles. The average Bonchev–Trinajstić information content (AvgIpc) is 2.99. The first-order valence-corrected chi connectivity index (χ1v) is 8.94. The van der Waals surface area contributed by atoms with E-state index in [1.165, 1.54) is 15.6 Å². The number of hydrogen-bond acceptors (Lipinski definition) is 5. The second kappa shape index (κ2) is 6.65. The maximum atomic E-state index is 12.6. The highest BCUT2D eigenvalue weighted by Gasteiger charge is 2.22. The van der Waals surface area contributed by atoms with Gasteiger partial charge in [-0.25, -0.2) is 13.4 Å². The van der Waals surface area contributed by atoms with Crippen LogP contribution < -0.4 is 5.32 Å². The Kier molecular flexibility index (Phi) is 5.10. The van der Waals surface area contributed by atoms with E-state index in [2.05, 4.69) is 10.3 Å². The lowest BCUT2D eigenvalue weighted by Gasteiger charge is -2.18. The first-order valence-electron chi connectivity index (χ1n) is 6.55. The van der Waals surface area contributed by atoms with Crippen molar-refractivity contribution in [2.45, 2.75) is 24.4 Å². The Balaban J connectivity index is 2.26. The largest absolute Gasteiger partial charge is 0.313 e. The molecular weight excluding hydrogens is 306 g/mol. The third kappa shape index (κ3) is 3.68. The third-order valence-electron chi connectivity index (χ3n) is 3.37. The highest BCUT2D eigenvalue weighted by atomic mass is 32.2. The van der Waals surface area contributed by atoms with Crippen LogP contribution in [0.2, 0.25) is 0 Å². The third-order valence-corrected chi connectivity index (χ3v) is 5.80. The predicted octanol–water partition coefficient (Wildman–Crippen LogP) is 2.24. The number of rotatable bonds is 6. The summed E-state index contributed by atoms with van der Waals surface area (Å²) in [4.78, 5) is 4.43. The molecule has 1 atom stereocenters. The first kappa shape index (κ1) is 16.1. The lowest BCUT2D eigenvalue weighted by molar-refractivity contribution is 0.463. The number of benzene rings is 1. The molecule has 21 heavy (non-hydrogen) atoms. The summed E-state index contributed by atoms with van der Waals surface area (Å²) < 4.78 is 26.5. The van der Waals surface area contributed by atoms with E-state index in [0.717, 1.165) is 11.3 Å². The average molecular weight is 325 g/mol. The van der Waals surface area contributed by atoms with Crippen LogP contribution in [0.3, 0.4) is 0 Å². The van der Waals surface area contributed by atoms with Gasteiger partial charge >= 0.3 is 0 Å². The number of aromatic nitrogens is 1. The summed E-state index contributed by atoms with van der Waals surface area (Å²) >= 11 is 1.46. The summed E-state index contributed by atoms with van der Waals surface area (Å²) in [7, 11) is -0.0894. The lowest BCUT2D eigenvalue weighted by Crippen LogP contribution is -2.27. The zero-order valence-corrected chi connectivity index (χ0v) is 13.9. The van der Waals surface area contributed by atoms with Crippen LogP contribution >= 0.6 is 11.3 Å². The van der Waals surface area contributed by atoms with Crippen molar-refractivity contribution in [3.05, 3.63) is 46.4 Å². The van der Waals surface area contributed by atoms with Crippen molar-refractivity contribution in [2.24, 2.45) is 0 Å². The minimum absolute atomic E-state index is 0.101.